The quantitative estimate of drug-likeness (QED) is 0.699. The first-order valence-corrected chi connectivity index (χ1v) is 6.80. The fourth-order valence-electron chi connectivity index (χ4n) is 5.26. The van der Waals surface area contributed by atoms with Crippen LogP contribution in [0.25, 0.3) is 0 Å². The van der Waals surface area contributed by atoms with Crippen LogP contribution >= 0.6 is 0 Å². The van der Waals surface area contributed by atoms with Crippen molar-refractivity contribution in [3.05, 3.63) is 0 Å². The second-order valence-corrected chi connectivity index (χ2v) is 6.29. The molecule has 0 aromatic heterocycles. The lowest BCUT2D eigenvalue weighted by atomic mass is 9.75. The molecular formula is C13H22N2. The number of nitrogens with zero attached hydrogens (tertiary/aromatic N) is 1. The second-order valence-electron chi connectivity index (χ2n) is 6.29. The highest BCUT2D eigenvalue weighted by molar-refractivity contribution is 5.08. The van der Waals surface area contributed by atoms with Crippen LogP contribution in [0.5, 0.6) is 0 Å². The van der Waals surface area contributed by atoms with Gasteiger partial charge in [0.2, 0.25) is 0 Å². The number of nitrogens with one attached hydrogen (secondary N) is 1. The van der Waals surface area contributed by atoms with Gasteiger partial charge >= 0.3 is 0 Å². The van der Waals surface area contributed by atoms with E-state index < -0.39 is 0 Å². The van der Waals surface area contributed by atoms with Crippen molar-refractivity contribution in [1.82, 2.24) is 10.2 Å². The van der Waals surface area contributed by atoms with Crippen LogP contribution in [0.2, 0.25) is 0 Å². The molecule has 0 spiro atoms. The van der Waals surface area contributed by atoms with Crippen molar-refractivity contribution < 1.29 is 0 Å². The Morgan fingerprint density at radius 2 is 2.07 bits per heavy atom. The molecule has 3 heterocycles. The average Bonchev–Trinajstić information content (AvgIpc) is 2.99. The predicted molar refractivity (Wildman–Crippen MR) is 60.7 cm³/mol. The molecule has 4 aliphatic rings. The molecule has 4 rings (SSSR count). The molecule has 2 nitrogen and oxygen atoms in total. The zero-order chi connectivity index (χ0) is 9.99. The number of piperidine rings is 1. The monoisotopic (exact) mass is 206 g/mol. The van der Waals surface area contributed by atoms with E-state index in [-0.39, 0.29) is 0 Å². The number of fused-ring (bicyclic) bond motifs is 4. The first-order chi connectivity index (χ1) is 7.34. The molecule has 1 aliphatic carbocycles. The van der Waals surface area contributed by atoms with Crippen molar-refractivity contribution in [2.45, 2.75) is 50.2 Å². The molecule has 0 radical (unpaired) electrons. The SMILES string of the molecule is CN1C2CCC1C(C1C3CCC1NC3)C2. The van der Waals surface area contributed by atoms with Crippen molar-refractivity contribution in [1.29, 1.82) is 0 Å². The number of hydrogen-bond donors (Lipinski definition) is 1. The molecular weight excluding hydrogens is 184 g/mol. The van der Waals surface area contributed by atoms with E-state index in [0.717, 1.165) is 35.9 Å². The largest absolute Gasteiger partial charge is 0.313 e. The van der Waals surface area contributed by atoms with Crippen LogP contribution in [0.3, 0.4) is 0 Å². The lowest BCUT2D eigenvalue weighted by Gasteiger charge is -2.30. The Labute approximate surface area is 92.4 Å². The van der Waals surface area contributed by atoms with Gasteiger partial charge in [-0.2, -0.15) is 0 Å². The first-order valence-electron chi connectivity index (χ1n) is 6.80. The van der Waals surface area contributed by atoms with E-state index in [4.69, 9.17) is 0 Å². The minimum absolute atomic E-state index is 0.896. The van der Waals surface area contributed by atoms with Gasteiger partial charge < -0.3 is 10.2 Å². The van der Waals surface area contributed by atoms with Crippen molar-refractivity contribution in [3.63, 3.8) is 0 Å². The van der Waals surface area contributed by atoms with Crippen molar-refractivity contribution >= 4 is 0 Å². The summed E-state index contributed by atoms with van der Waals surface area (Å²) in [6.07, 6.45) is 7.46. The van der Waals surface area contributed by atoms with Gasteiger partial charge in [-0.05, 0) is 63.5 Å². The van der Waals surface area contributed by atoms with Gasteiger partial charge in [-0.15, -0.1) is 0 Å². The Hall–Kier alpha value is -0.0800. The van der Waals surface area contributed by atoms with E-state index in [9.17, 15) is 0 Å². The molecule has 0 aromatic carbocycles. The molecule has 2 heteroatoms. The van der Waals surface area contributed by atoms with Crippen LogP contribution < -0.4 is 5.32 Å². The Kier molecular flexibility index (Phi) is 1.79. The molecule has 3 aliphatic heterocycles. The summed E-state index contributed by atoms with van der Waals surface area (Å²) in [6, 6.07) is 2.79. The van der Waals surface area contributed by atoms with Crippen LogP contribution in [0.15, 0.2) is 0 Å². The maximum atomic E-state index is 3.74. The predicted octanol–water partition coefficient (Wildman–Crippen LogP) is 1.47. The summed E-state index contributed by atoms with van der Waals surface area (Å²) >= 11 is 0. The van der Waals surface area contributed by atoms with Crippen LogP contribution in [-0.4, -0.2) is 36.6 Å². The minimum atomic E-state index is 0.896. The Bertz CT molecular complexity index is 258. The summed E-state index contributed by atoms with van der Waals surface area (Å²) in [5.74, 6) is 3.12. The van der Waals surface area contributed by atoms with Crippen LogP contribution in [0.1, 0.15) is 32.1 Å². The summed E-state index contributed by atoms with van der Waals surface area (Å²) in [7, 11) is 2.37. The minimum Gasteiger partial charge on any atom is -0.313 e. The van der Waals surface area contributed by atoms with Crippen LogP contribution in [-0.2, 0) is 0 Å². The lowest BCUT2D eigenvalue weighted by Crippen LogP contribution is -2.35. The lowest BCUT2D eigenvalue weighted by molar-refractivity contribution is 0.211. The van der Waals surface area contributed by atoms with E-state index in [1.165, 1.54) is 38.6 Å². The van der Waals surface area contributed by atoms with Gasteiger partial charge in [0.05, 0.1) is 0 Å². The third-order valence-corrected chi connectivity index (χ3v) is 5.93. The Balaban J connectivity index is 1.60. The van der Waals surface area contributed by atoms with E-state index in [2.05, 4.69) is 17.3 Å². The van der Waals surface area contributed by atoms with Gasteiger partial charge in [-0.25, -0.2) is 0 Å². The highest BCUT2D eigenvalue weighted by Crippen LogP contribution is 2.51. The molecule has 1 N–H and O–H groups in total. The van der Waals surface area contributed by atoms with E-state index in [1.807, 2.05) is 0 Å². The van der Waals surface area contributed by atoms with Gasteiger partial charge in [0.15, 0.2) is 0 Å². The molecule has 4 fully saturated rings. The Morgan fingerprint density at radius 1 is 1.13 bits per heavy atom. The van der Waals surface area contributed by atoms with Crippen LogP contribution in [0, 0.1) is 17.8 Å². The van der Waals surface area contributed by atoms with Gasteiger partial charge in [-0.1, -0.05) is 0 Å². The summed E-state index contributed by atoms with van der Waals surface area (Å²) in [6.45, 7) is 1.33. The maximum Gasteiger partial charge on any atom is 0.0128 e. The van der Waals surface area contributed by atoms with Gasteiger partial charge in [0.1, 0.15) is 0 Å². The molecule has 0 aromatic rings. The summed E-state index contributed by atoms with van der Waals surface area (Å²) in [5.41, 5.74) is 0. The summed E-state index contributed by atoms with van der Waals surface area (Å²) < 4.78 is 0. The topological polar surface area (TPSA) is 15.3 Å². The highest BCUT2D eigenvalue weighted by atomic mass is 15.2. The smallest absolute Gasteiger partial charge is 0.0128 e. The highest BCUT2D eigenvalue weighted by Gasteiger charge is 2.53. The molecule has 1 saturated carbocycles. The molecule has 6 unspecified atom stereocenters. The van der Waals surface area contributed by atoms with Gasteiger partial charge in [-0.3, -0.25) is 0 Å². The molecule has 84 valence electrons. The molecule has 3 saturated heterocycles. The Morgan fingerprint density at radius 3 is 2.53 bits per heavy atom. The second kappa shape index (κ2) is 2.98. The van der Waals surface area contributed by atoms with E-state index >= 15 is 0 Å². The number of hydrogen-bond acceptors (Lipinski definition) is 2. The van der Waals surface area contributed by atoms with Gasteiger partial charge in [0.25, 0.3) is 0 Å². The third-order valence-electron chi connectivity index (χ3n) is 5.93. The zero-order valence-corrected chi connectivity index (χ0v) is 9.65. The average molecular weight is 206 g/mol. The van der Waals surface area contributed by atoms with Crippen molar-refractivity contribution in [2.75, 3.05) is 13.6 Å². The van der Waals surface area contributed by atoms with Gasteiger partial charge in [0, 0.05) is 18.1 Å². The zero-order valence-electron chi connectivity index (χ0n) is 9.65. The van der Waals surface area contributed by atoms with E-state index in [0.29, 0.717) is 0 Å². The van der Waals surface area contributed by atoms with E-state index in [1.54, 1.807) is 0 Å². The van der Waals surface area contributed by atoms with Crippen LogP contribution in [0.4, 0.5) is 0 Å². The van der Waals surface area contributed by atoms with Crippen molar-refractivity contribution in [2.24, 2.45) is 17.8 Å². The maximum absolute atomic E-state index is 3.74. The van der Waals surface area contributed by atoms with Crippen molar-refractivity contribution in [3.8, 4) is 0 Å². The first kappa shape index (κ1) is 9.00. The molecule has 6 atom stereocenters. The third kappa shape index (κ3) is 1.07. The standard InChI is InChI=1S/C13H22N2/c1-15-9-3-5-12(15)10(6-9)13-8-2-4-11(13)14-7-8/h8-14H,2-7H2,1H3. The normalized spacial score (nSPS) is 58.2. The molecule has 15 heavy (non-hydrogen) atoms. The number of rotatable bonds is 1. The fraction of sp³-hybridized carbons (Fsp3) is 1.00. The summed E-state index contributed by atoms with van der Waals surface area (Å²) in [5, 5.41) is 3.74. The fourth-order valence-corrected chi connectivity index (χ4v) is 5.26. The molecule has 0 amide bonds. The summed E-state index contributed by atoms with van der Waals surface area (Å²) in [4.78, 5) is 2.70. The molecule has 4 bridgehead atoms.